The van der Waals surface area contributed by atoms with E-state index in [1.54, 1.807) is 0 Å². The van der Waals surface area contributed by atoms with E-state index in [1.165, 1.54) is 0 Å². The van der Waals surface area contributed by atoms with Crippen molar-refractivity contribution in [3.8, 4) is 0 Å². The first-order valence-electron chi connectivity index (χ1n) is 5.26. The van der Waals surface area contributed by atoms with Gasteiger partial charge in [0.1, 0.15) is 0 Å². The number of hydrogen-bond donors (Lipinski definition) is 3. The fourth-order valence-corrected chi connectivity index (χ4v) is 1.13. The summed E-state index contributed by atoms with van der Waals surface area (Å²) in [6.45, 7) is 0.800. The lowest BCUT2D eigenvalue weighted by atomic mass is 10.2. The van der Waals surface area contributed by atoms with Crippen LogP contribution in [-0.4, -0.2) is 35.2 Å². The SMILES string of the molecule is O=C(O)CCC(=O)NCCCCCCO. The number of carbonyl (C=O) groups is 2. The number of unbranched alkanes of at least 4 members (excludes halogenated alkanes) is 3. The summed E-state index contributed by atoms with van der Waals surface area (Å²) in [6.07, 6.45) is 3.54. The Kier molecular flexibility index (Phi) is 8.76. The van der Waals surface area contributed by atoms with E-state index in [-0.39, 0.29) is 25.4 Å². The molecule has 0 radical (unpaired) electrons. The molecule has 0 aromatic carbocycles. The molecule has 5 nitrogen and oxygen atoms in total. The largest absolute Gasteiger partial charge is 0.481 e. The van der Waals surface area contributed by atoms with Gasteiger partial charge in [0, 0.05) is 19.6 Å². The molecule has 0 fully saturated rings. The van der Waals surface area contributed by atoms with Crippen molar-refractivity contribution in [3.05, 3.63) is 0 Å². The Labute approximate surface area is 89.5 Å². The maximum atomic E-state index is 11.0. The Morgan fingerprint density at radius 2 is 1.67 bits per heavy atom. The van der Waals surface area contributed by atoms with Crippen molar-refractivity contribution in [1.82, 2.24) is 5.32 Å². The van der Waals surface area contributed by atoms with Crippen LogP contribution < -0.4 is 5.32 Å². The van der Waals surface area contributed by atoms with E-state index in [1.807, 2.05) is 0 Å². The fourth-order valence-electron chi connectivity index (χ4n) is 1.13. The first-order valence-corrected chi connectivity index (χ1v) is 5.26. The minimum absolute atomic E-state index is 0.0476. The molecule has 0 aliphatic heterocycles. The zero-order valence-electron chi connectivity index (χ0n) is 8.87. The number of hydrogen-bond acceptors (Lipinski definition) is 3. The van der Waals surface area contributed by atoms with Gasteiger partial charge in [-0.05, 0) is 12.8 Å². The molecule has 15 heavy (non-hydrogen) atoms. The normalized spacial score (nSPS) is 9.93. The molecule has 3 N–H and O–H groups in total. The van der Waals surface area contributed by atoms with E-state index in [0.717, 1.165) is 25.7 Å². The summed E-state index contributed by atoms with van der Waals surface area (Å²) in [6, 6.07) is 0. The quantitative estimate of drug-likeness (QED) is 0.491. The van der Waals surface area contributed by atoms with Crippen LogP contribution in [0.1, 0.15) is 38.5 Å². The zero-order chi connectivity index (χ0) is 11.5. The van der Waals surface area contributed by atoms with Crippen molar-refractivity contribution < 1.29 is 19.8 Å². The van der Waals surface area contributed by atoms with Crippen LogP contribution in [0.15, 0.2) is 0 Å². The Bertz CT molecular complexity index is 194. The van der Waals surface area contributed by atoms with Crippen LogP contribution in [0, 0.1) is 0 Å². The number of carboxylic acids is 1. The lowest BCUT2D eigenvalue weighted by Gasteiger charge is -2.03. The molecule has 0 aromatic rings. The second-order valence-corrected chi connectivity index (χ2v) is 3.38. The monoisotopic (exact) mass is 217 g/mol. The summed E-state index contributed by atoms with van der Waals surface area (Å²) < 4.78 is 0. The first kappa shape index (κ1) is 13.9. The molecule has 0 atom stereocenters. The van der Waals surface area contributed by atoms with Crippen LogP contribution in [0.25, 0.3) is 0 Å². The predicted molar refractivity (Wildman–Crippen MR) is 55.4 cm³/mol. The van der Waals surface area contributed by atoms with Gasteiger partial charge in [0.25, 0.3) is 0 Å². The lowest BCUT2D eigenvalue weighted by molar-refractivity contribution is -0.138. The molecule has 0 aliphatic carbocycles. The van der Waals surface area contributed by atoms with Crippen LogP contribution in [0.2, 0.25) is 0 Å². The standard InChI is InChI=1S/C10H19NO4/c12-8-4-2-1-3-7-11-9(13)5-6-10(14)15/h12H,1-8H2,(H,11,13)(H,14,15). The topological polar surface area (TPSA) is 86.6 Å². The van der Waals surface area contributed by atoms with Gasteiger partial charge in [0.2, 0.25) is 5.91 Å². The summed E-state index contributed by atoms with van der Waals surface area (Å²) in [5.41, 5.74) is 0. The molecule has 0 bridgehead atoms. The highest BCUT2D eigenvalue weighted by atomic mass is 16.4. The molecule has 0 aromatic heterocycles. The second kappa shape index (κ2) is 9.45. The van der Waals surface area contributed by atoms with E-state index in [0.29, 0.717) is 6.54 Å². The van der Waals surface area contributed by atoms with Gasteiger partial charge in [0.15, 0.2) is 0 Å². The molecule has 0 spiro atoms. The van der Waals surface area contributed by atoms with Gasteiger partial charge in [-0.15, -0.1) is 0 Å². The van der Waals surface area contributed by atoms with Crippen molar-refractivity contribution in [3.63, 3.8) is 0 Å². The predicted octanol–water partition coefficient (Wildman–Crippen LogP) is 0.520. The molecule has 0 heterocycles. The Morgan fingerprint density at radius 1 is 1.00 bits per heavy atom. The summed E-state index contributed by atoms with van der Waals surface area (Å²) >= 11 is 0. The molecular formula is C10H19NO4. The highest BCUT2D eigenvalue weighted by molar-refractivity contribution is 5.80. The Morgan fingerprint density at radius 3 is 2.27 bits per heavy atom. The molecule has 88 valence electrons. The smallest absolute Gasteiger partial charge is 0.303 e. The summed E-state index contributed by atoms with van der Waals surface area (Å²) in [5.74, 6) is -1.16. The Hall–Kier alpha value is -1.10. The lowest BCUT2D eigenvalue weighted by Crippen LogP contribution is -2.24. The van der Waals surface area contributed by atoms with E-state index >= 15 is 0 Å². The molecule has 5 heteroatoms. The van der Waals surface area contributed by atoms with E-state index in [2.05, 4.69) is 5.32 Å². The van der Waals surface area contributed by atoms with E-state index < -0.39 is 5.97 Å². The Balaban J connectivity index is 3.20. The van der Waals surface area contributed by atoms with Gasteiger partial charge < -0.3 is 15.5 Å². The number of nitrogens with one attached hydrogen (secondary N) is 1. The maximum Gasteiger partial charge on any atom is 0.303 e. The van der Waals surface area contributed by atoms with Gasteiger partial charge in [-0.25, -0.2) is 0 Å². The van der Waals surface area contributed by atoms with Crippen molar-refractivity contribution >= 4 is 11.9 Å². The third-order valence-corrected chi connectivity index (χ3v) is 1.97. The molecular weight excluding hydrogens is 198 g/mol. The number of aliphatic carboxylic acids is 1. The first-order chi connectivity index (χ1) is 7.16. The molecule has 0 rings (SSSR count). The average Bonchev–Trinajstić information content (AvgIpc) is 2.20. The number of carbonyl (C=O) groups excluding carboxylic acids is 1. The molecule has 0 saturated heterocycles. The number of carboxylic acid groups (broad SMARTS) is 1. The van der Waals surface area contributed by atoms with Gasteiger partial charge >= 0.3 is 5.97 Å². The minimum Gasteiger partial charge on any atom is -0.481 e. The number of aliphatic hydroxyl groups excluding tert-OH is 1. The highest BCUT2D eigenvalue weighted by Gasteiger charge is 2.03. The van der Waals surface area contributed by atoms with Crippen LogP contribution in [0.5, 0.6) is 0 Å². The average molecular weight is 217 g/mol. The van der Waals surface area contributed by atoms with Crippen LogP contribution >= 0.6 is 0 Å². The number of amides is 1. The summed E-state index contributed by atoms with van der Waals surface area (Å²) in [7, 11) is 0. The highest BCUT2D eigenvalue weighted by Crippen LogP contribution is 1.97. The summed E-state index contributed by atoms with van der Waals surface area (Å²) in [5, 5.41) is 19.5. The van der Waals surface area contributed by atoms with Crippen molar-refractivity contribution in [2.75, 3.05) is 13.2 Å². The molecule has 1 amide bonds. The zero-order valence-corrected chi connectivity index (χ0v) is 8.87. The third kappa shape index (κ3) is 10.8. The van der Waals surface area contributed by atoms with Gasteiger partial charge in [-0.3, -0.25) is 9.59 Å². The molecule has 0 aliphatic rings. The van der Waals surface area contributed by atoms with Crippen molar-refractivity contribution in [1.29, 1.82) is 0 Å². The molecule has 0 saturated carbocycles. The maximum absolute atomic E-state index is 11.0. The van der Waals surface area contributed by atoms with E-state index in [4.69, 9.17) is 10.2 Å². The summed E-state index contributed by atoms with van der Waals surface area (Å²) in [4.78, 5) is 21.2. The van der Waals surface area contributed by atoms with E-state index in [9.17, 15) is 9.59 Å². The van der Waals surface area contributed by atoms with Crippen LogP contribution in [0.4, 0.5) is 0 Å². The van der Waals surface area contributed by atoms with Crippen molar-refractivity contribution in [2.24, 2.45) is 0 Å². The van der Waals surface area contributed by atoms with Gasteiger partial charge in [0.05, 0.1) is 6.42 Å². The molecule has 0 unspecified atom stereocenters. The number of rotatable bonds is 9. The number of aliphatic hydroxyl groups is 1. The van der Waals surface area contributed by atoms with Crippen LogP contribution in [0.3, 0.4) is 0 Å². The minimum atomic E-state index is -0.951. The van der Waals surface area contributed by atoms with Crippen LogP contribution in [-0.2, 0) is 9.59 Å². The van der Waals surface area contributed by atoms with Gasteiger partial charge in [-0.1, -0.05) is 12.8 Å². The fraction of sp³-hybridized carbons (Fsp3) is 0.800. The van der Waals surface area contributed by atoms with Crippen molar-refractivity contribution in [2.45, 2.75) is 38.5 Å². The second-order valence-electron chi connectivity index (χ2n) is 3.38. The van der Waals surface area contributed by atoms with Gasteiger partial charge in [-0.2, -0.15) is 0 Å². The third-order valence-electron chi connectivity index (χ3n) is 1.97.